The van der Waals surface area contributed by atoms with Gasteiger partial charge in [-0.3, -0.25) is 4.79 Å². The van der Waals surface area contributed by atoms with E-state index in [0.29, 0.717) is 22.2 Å². The van der Waals surface area contributed by atoms with Crippen molar-refractivity contribution in [2.24, 2.45) is 5.10 Å². The molecule has 0 aliphatic carbocycles. The molecule has 1 heterocycles. The minimum Gasteiger partial charge on any atom is -0.483 e. The predicted octanol–water partition coefficient (Wildman–Crippen LogP) is 4.33. The molecule has 0 radical (unpaired) electrons. The van der Waals surface area contributed by atoms with Crippen LogP contribution in [-0.2, 0) is 14.8 Å². The summed E-state index contributed by atoms with van der Waals surface area (Å²) in [6.45, 7) is 5.72. The summed E-state index contributed by atoms with van der Waals surface area (Å²) in [5.74, 6) is 0.294. The van der Waals surface area contributed by atoms with Crippen LogP contribution in [0.25, 0.3) is 10.9 Å². The number of aromatic nitrogens is 1. The van der Waals surface area contributed by atoms with Gasteiger partial charge in [0.15, 0.2) is 6.61 Å². The van der Waals surface area contributed by atoms with E-state index in [4.69, 9.17) is 4.74 Å². The summed E-state index contributed by atoms with van der Waals surface area (Å²) in [6.07, 6.45) is 3.01. The van der Waals surface area contributed by atoms with E-state index in [0.717, 1.165) is 16.7 Å². The molecule has 0 fully saturated rings. The minimum atomic E-state index is -3.73. The second kappa shape index (κ2) is 9.52. The molecule has 1 N–H and O–H groups in total. The fourth-order valence-corrected chi connectivity index (χ4v) is 5.30. The van der Waals surface area contributed by atoms with Gasteiger partial charge >= 0.3 is 0 Å². The van der Waals surface area contributed by atoms with E-state index in [-0.39, 0.29) is 11.5 Å². The lowest BCUT2D eigenvalue weighted by Gasteiger charge is -2.12. The number of fused-ring (bicyclic) bond motifs is 1. The van der Waals surface area contributed by atoms with Crippen LogP contribution in [0.15, 0.2) is 82.9 Å². The molecule has 0 unspecified atom stereocenters. The first-order chi connectivity index (χ1) is 16.3. The molecule has 4 aromatic rings. The molecule has 0 bridgehead atoms. The first-order valence-electron chi connectivity index (χ1n) is 10.7. The quantitative estimate of drug-likeness (QED) is 0.318. The van der Waals surface area contributed by atoms with Crippen molar-refractivity contribution in [2.75, 3.05) is 6.61 Å². The zero-order valence-corrected chi connectivity index (χ0v) is 20.0. The lowest BCUT2D eigenvalue weighted by molar-refractivity contribution is -0.123. The molecule has 0 spiro atoms. The van der Waals surface area contributed by atoms with Crippen LogP contribution in [0.5, 0.6) is 5.75 Å². The van der Waals surface area contributed by atoms with Crippen LogP contribution in [-0.4, -0.2) is 31.1 Å². The third-order valence-electron chi connectivity index (χ3n) is 5.38. The van der Waals surface area contributed by atoms with Gasteiger partial charge < -0.3 is 4.74 Å². The molecular weight excluding hydrogens is 450 g/mol. The highest BCUT2D eigenvalue weighted by Gasteiger charge is 2.19. The van der Waals surface area contributed by atoms with Gasteiger partial charge in [0.2, 0.25) is 0 Å². The van der Waals surface area contributed by atoms with Gasteiger partial charge in [0.1, 0.15) is 5.75 Å². The summed E-state index contributed by atoms with van der Waals surface area (Å²) in [7, 11) is -3.73. The highest BCUT2D eigenvalue weighted by atomic mass is 32.2. The van der Waals surface area contributed by atoms with Gasteiger partial charge in [0.25, 0.3) is 15.9 Å². The fourth-order valence-electron chi connectivity index (χ4n) is 3.93. The smallest absolute Gasteiger partial charge is 0.277 e. The Morgan fingerprint density at radius 2 is 1.71 bits per heavy atom. The normalized spacial score (nSPS) is 11.7. The minimum absolute atomic E-state index is 0.169. The maximum atomic E-state index is 13.0. The predicted molar refractivity (Wildman–Crippen MR) is 133 cm³/mol. The van der Waals surface area contributed by atoms with Crippen LogP contribution in [0, 0.1) is 20.8 Å². The van der Waals surface area contributed by atoms with Crippen molar-refractivity contribution in [3.63, 3.8) is 0 Å². The molecule has 7 nitrogen and oxygen atoms in total. The number of hydrazone groups is 1. The lowest BCUT2D eigenvalue weighted by atomic mass is 10.1. The lowest BCUT2D eigenvalue weighted by Crippen LogP contribution is -2.25. The van der Waals surface area contributed by atoms with Crippen LogP contribution in [0.4, 0.5) is 0 Å². The Morgan fingerprint density at radius 3 is 2.41 bits per heavy atom. The van der Waals surface area contributed by atoms with Gasteiger partial charge in [-0.25, -0.2) is 17.8 Å². The second-order valence-corrected chi connectivity index (χ2v) is 9.83. The molecule has 174 valence electrons. The van der Waals surface area contributed by atoms with E-state index in [2.05, 4.69) is 10.5 Å². The average molecular weight is 476 g/mol. The first-order valence-corrected chi connectivity index (χ1v) is 12.1. The maximum Gasteiger partial charge on any atom is 0.277 e. The van der Waals surface area contributed by atoms with Crippen molar-refractivity contribution in [1.82, 2.24) is 9.40 Å². The van der Waals surface area contributed by atoms with Crippen LogP contribution >= 0.6 is 0 Å². The summed E-state index contributed by atoms with van der Waals surface area (Å²) in [4.78, 5) is 12.4. The Hall–Kier alpha value is -3.91. The Kier molecular flexibility index (Phi) is 6.51. The molecule has 0 saturated heterocycles. The third-order valence-corrected chi connectivity index (χ3v) is 7.08. The molecule has 4 rings (SSSR count). The van der Waals surface area contributed by atoms with E-state index >= 15 is 0 Å². The zero-order valence-electron chi connectivity index (χ0n) is 19.1. The van der Waals surface area contributed by atoms with Crippen LogP contribution in [0.3, 0.4) is 0 Å². The summed E-state index contributed by atoms with van der Waals surface area (Å²) >= 11 is 0. The largest absolute Gasteiger partial charge is 0.483 e. The van der Waals surface area contributed by atoms with Gasteiger partial charge in [-0.05, 0) is 56.2 Å². The van der Waals surface area contributed by atoms with Crippen molar-refractivity contribution in [1.29, 1.82) is 0 Å². The van der Waals surface area contributed by atoms with E-state index in [9.17, 15) is 13.2 Å². The third kappa shape index (κ3) is 4.72. The van der Waals surface area contributed by atoms with Gasteiger partial charge in [-0.1, -0.05) is 48.0 Å². The number of nitrogens with zero attached hydrogens (tertiary/aromatic N) is 2. The summed E-state index contributed by atoms with van der Waals surface area (Å²) in [5.41, 5.74) is 6.72. The zero-order chi connectivity index (χ0) is 24.3. The Bertz CT molecular complexity index is 1470. The molecule has 1 aromatic heterocycles. The van der Waals surface area contributed by atoms with Crippen molar-refractivity contribution in [3.05, 3.63) is 95.2 Å². The van der Waals surface area contributed by atoms with Gasteiger partial charge in [0.05, 0.1) is 16.6 Å². The second-order valence-electron chi connectivity index (χ2n) is 8.02. The highest BCUT2D eigenvalue weighted by Crippen LogP contribution is 2.25. The number of benzene rings is 3. The van der Waals surface area contributed by atoms with Gasteiger partial charge in [0, 0.05) is 17.1 Å². The number of carbonyl (C=O) groups is 1. The highest BCUT2D eigenvalue weighted by molar-refractivity contribution is 7.90. The van der Waals surface area contributed by atoms with E-state index < -0.39 is 15.9 Å². The van der Waals surface area contributed by atoms with Crippen LogP contribution < -0.4 is 10.2 Å². The molecule has 3 aromatic carbocycles. The van der Waals surface area contributed by atoms with Gasteiger partial charge in [-0.2, -0.15) is 5.10 Å². The van der Waals surface area contributed by atoms with E-state index in [1.165, 1.54) is 16.4 Å². The average Bonchev–Trinajstić information content (AvgIpc) is 3.25. The van der Waals surface area contributed by atoms with Crippen molar-refractivity contribution < 1.29 is 17.9 Å². The number of carbonyl (C=O) groups excluding carboxylic acids is 1. The molecule has 0 aliphatic heterocycles. The van der Waals surface area contributed by atoms with Crippen molar-refractivity contribution in [3.8, 4) is 5.75 Å². The molecular formula is C26H25N3O4S. The Labute approximate surface area is 198 Å². The number of amides is 1. The Balaban J connectivity index is 1.48. The molecule has 34 heavy (non-hydrogen) atoms. The van der Waals surface area contributed by atoms with Crippen LogP contribution in [0.2, 0.25) is 0 Å². The SMILES string of the molecule is Cc1cc(C)c(OCC(=O)NN=Cc2cccc3c2ccn3S(=O)(=O)c2ccccc2)c(C)c1. The number of rotatable bonds is 7. The van der Waals surface area contributed by atoms with Crippen molar-refractivity contribution >= 4 is 33.0 Å². The fraction of sp³-hybridized carbons (Fsp3) is 0.154. The van der Waals surface area contributed by atoms with E-state index in [1.54, 1.807) is 54.6 Å². The van der Waals surface area contributed by atoms with Crippen LogP contribution in [0.1, 0.15) is 22.3 Å². The summed E-state index contributed by atoms with van der Waals surface area (Å²) in [5, 5.41) is 4.73. The molecule has 0 saturated carbocycles. The monoisotopic (exact) mass is 475 g/mol. The standard InChI is InChI=1S/C26H25N3O4S/c1-18-14-19(2)26(20(3)15-18)33-17-25(30)28-27-16-21-8-7-11-24-23(21)12-13-29(24)34(31,32)22-9-5-4-6-10-22/h4-16H,17H2,1-3H3,(H,28,30). The molecule has 0 atom stereocenters. The Morgan fingerprint density at radius 1 is 1.00 bits per heavy atom. The number of nitrogens with one attached hydrogen (secondary N) is 1. The van der Waals surface area contributed by atoms with E-state index in [1.807, 2.05) is 32.9 Å². The molecule has 0 aliphatic rings. The van der Waals surface area contributed by atoms with Gasteiger partial charge in [-0.15, -0.1) is 0 Å². The maximum absolute atomic E-state index is 13.0. The first kappa shape index (κ1) is 23.3. The van der Waals surface area contributed by atoms with Crippen molar-refractivity contribution in [2.45, 2.75) is 25.7 Å². The number of ether oxygens (including phenoxy) is 1. The summed E-state index contributed by atoms with van der Waals surface area (Å²) < 4.78 is 33.0. The number of hydrogen-bond donors (Lipinski definition) is 1. The topological polar surface area (TPSA) is 89.8 Å². The summed E-state index contributed by atoms with van der Waals surface area (Å²) in [6, 6.07) is 19.2. The number of hydrogen-bond acceptors (Lipinski definition) is 5. The number of aryl methyl sites for hydroxylation is 3. The molecule has 1 amide bonds. The molecule has 8 heteroatoms.